The van der Waals surface area contributed by atoms with Gasteiger partial charge in [-0.2, -0.15) is 0 Å². The Morgan fingerprint density at radius 2 is 0.605 bits per heavy atom. The molecular formula is C78H69BN2. The summed E-state index contributed by atoms with van der Waals surface area (Å²) >= 11 is 0. The minimum atomic E-state index is -0.964. The zero-order valence-electron chi connectivity index (χ0n) is 74.8. The molecule has 2 aliphatic heterocycles. The van der Waals surface area contributed by atoms with Crippen molar-refractivity contribution in [2.45, 2.75) is 78.6 Å². The summed E-state index contributed by atoms with van der Waals surface area (Å²) in [6, 6.07) is -4.24. The minimum Gasteiger partial charge on any atom is -0.310 e. The van der Waals surface area contributed by atoms with Crippen LogP contribution in [0.1, 0.15) is 117 Å². The fraction of sp³-hybridized carbons (Fsp3) is 0.154. The minimum absolute atomic E-state index is 0.189. The van der Waals surface area contributed by atoms with Crippen LogP contribution in [0.5, 0.6) is 0 Å². The number of anilines is 6. The van der Waals surface area contributed by atoms with Gasteiger partial charge in [-0.15, -0.1) is 0 Å². The third-order valence-electron chi connectivity index (χ3n) is 15.0. The summed E-state index contributed by atoms with van der Waals surface area (Å²) in [6.45, 7) is 5.02. The van der Waals surface area contributed by atoms with Gasteiger partial charge in [0.25, 0.3) is 6.71 Å². The van der Waals surface area contributed by atoms with E-state index in [1.54, 1.807) is 9.80 Å². The van der Waals surface area contributed by atoms with E-state index >= 15 is 0 Å². The molecule has 0 fully saturated rings. The lowest BCUT2D eigenvalue weighted by molar-refractivity contribution is 0.794. The van der Waals surface area contributed by atoms with Crippen molar-refractivity contribution in [2.24, 2.45) is 0 Å². The Kier molecular flexibility index (Phi) is 7.96. The summed E-state index contributed by atoms with van der Waals surface area (Å²) in [5, 5.41) is 0. The second-order valence-corrected chi connectivity index (χ2v) is 20.1. The molecule has 0 saturated heterocycles. The summed E-state index contributed by atoms with van der Waals surface area (Å²) in [5.74, 6) is 0. The molecule has 11 aromatic rings. The van der Waals surface area contributed by atoms with Gasteiger partial charge >= 0.3 is 0 Å². The van der Waals surface area contributed by atoms with Gasteiger partial charge < -0.3 is 9.80 Å². The highest BCUT2D eigenvalue weighted by molar-refractivity contribution is 7.00. The molecule has 0 radical (unpaired) electrons. The van der Waals surface area contributed by atoms with E-state index < -0.39 is 221 Å². The number of hydrogen-bond acceptors (Lipinski definition) is 2. The molecule has 0 N–H and O–H groups in total. The lowest BCUT2D eigenvalue weighted by Crippen LogP contribution is -2.61. The molecule has 13 rings (SSSR count). The monoisotopic (exact) mass is 1070 g/mol. The normalized spacial score (nSPS) is 17.4. The Morgan fingerprint density at radius 1 is 0.309 bits per heavy atom. The van der Waals surface area contributed by atoms with Gasteiger partial charge in [-0.25, -0.2) is 0 Å². The highest BCUT2D eigenvalue weighted by Crippen LogP contribution is 2.54. The molecule has 3 heteroatoms. The molecule has 0 aliphatic carbocycles. The maximum absolute atomic E-state index is 9.92. The quantitative estimate of drug-likeness (QED) is 0.0839. The molecule has 0 amide bonds. The van der Waals surface area contributed by atoms with E-state index in [-0.39, 0.29) is 62.6 Å². The second-order valence-electron chi connectivity index (χ2n) is 20.1. The van der Waals surface area contributed by atoms with Gasteiger partial charge in [0.15, 0.2) is 0 Å². The maximum atomic E-state index is 9.92. The largest absolute Gasteiger partial charge is 0.310 e. The van der Waals surface area contributed by atoms with E-state index in [2.05, 4.69) is 0 Å². The zero-order valence-corrected chi connectivity index (χ0v) is 44.8. The Bertz CT molecular complexity index is 5160. The van der Waals surface area contributed by atoms with Crippen molar-refractivity contribution < 1.29 is 41.1 Å². The Balaban J connectivity index is 1.34. The van der Waals surface area contributed by atoms with E-state index in [0.717, 1.165) is 24.0 Å². The van der Waals surface area contributed by atoms with E-state index in [0.29, 0.717) is 71.9 Å². The van der Waals surface area contributed by atoms with Gasteiger partial charge in [0, 0.05) is 45.0 Å². The highest BCUT2D eigenvalue weighted by Gasteiger charge is 2.45. The molecule has 0 bridgehead atoms. The van der Waals surface area contributed by atoms with Crippen LogP contribution in [-0.2, 0) is 19.3 Å². The predicted molar refractivity (Wildman–Crippen MR) is 349 cm³/mol. The Morgan fingerprint density at radius 3 is 0.914 bits per heavy atom. The van der Waals surface area contributed by atoms with Crippen LogP contribution in [0, 0.1) is 0 Å². The molecular weight excluding hydrogens is 976 g/mol. The molecule has 394 valence electrons. The first-order valence-corrected chi connectivity index (χ1v) is 27.3. The molecule has 0 unspecified atom stereocenters. The molecule has 0 saturated carbocycles. The van der Waals surface area contributed by atoms with Gasteiger partial charge in [0.05, 0.1) is 52.5 Å². The third kappa shape index (κ3) is 9.90. The van der Waals surface area contributed by atoms with E-state index in [9.17, 15) is 27.4 Å². The standard InChI is InChI=1S/C78H69BN2/c1-4-7-28-55-43-45-72-70(47-55)79-71-48-56(29-8-5-2)44-46-73(71)81(78-68(62-39-24-14-25-40-62)53-65(59-33-18-11-19-34-59)54-69(78)63-41-26-15-27-42-63)75-50-57(30-9-6-3)49-74(76(75)79)80(72)77-66(60-35-20-12-21-36-60)51-64(58-31-16-10-17-32-58)52-67(77)61-37-22-13-23-38-61/h10-27,31-54H,4-9,28-30H2,1-3H3/i10D,11D,12D,13D,14D,15D,16D,17D,18D,19D,20D,21D,22D,23D,24D,25D,26D,27D,31D,32D,33D,34D,35D,36D,37D,38D,39D,40D,41D,42D. The van der Waals surface area contributed by atoms with E-state index in [1.807, 2.05) is 69.3 Å². The molecule has 0 spiro atoms. The van der Waals surface area contributed by atoms with Crippen LogP contribution in [0.25, 0.3) is 66.8 Å². The average molecular weight is 1080 g/mol. The number of rotatable bonds is 17. The number of benzene rings is 11. The third-order valence-corrected chi connectivity index (χ3v) is 15.0. The van der Waals surface area contributed by atoms with Crippen molar-refractivity contribution in [1.82, 2.24) is 0 Å². The topological polar surface area (TPSA) is 6.48 Å². The zero-order chi connectivity index (χ0) is 80.8. The molecule has 2 heterocycles. The molecule has 2 aliphatic rings. The fourth-order valence-electron chi connectivity index (χ4n) is 11.4. The lowest BCUT2D eigenvalue weighted by Gasteiger charge is -2.46. The summed E-state index contributed by atoms with van der Waals surface area (Å²) in [4.78, 5) is 3.36. The molecule has 11 aromatic carbocycles. The number of aryl methyl sites for hydroxylation is 3. The van der Waals surface area contributed by atoms with Crippen molar-refractivity contribution in [3.05, 3.63) is 271 Å². The van der Waals surface area contributed by atoms with Gasteiger partial charge in [0.2, 0.25) is 0 Å². The number of unbranched alkanes of at least 4 members (excludes halogenated alkanes) is 3. The molecule has 0 aromatic heterocycles. The van der Waals surface area contributed by atoms with Crippen LogP contribution in [0.4, 0.5) is 34.1 Å². The summed E-state index contributed by atoms with van der Waals surface area (Å²) in [7, 11) is 0. The van der Waals surface area contributed by atoms with Crippen LogP contribution in [0.3, 0.4) is 0 Å². The van der Waals surface area contributed by atoms with Crippen LogP contribution in [-0.4, -0.2) is 6.71 Å². The lowest BCUT2D eigenvalue weighted by atomic mass is 9.33. The molecule has 0 atom stereocenters. The van der Waals surface area contributed by atoms with Crippen LogP contribution in [0.2, 0.25) is 0 Å². The molecule has 81 heavy (non-hydrogen) atoms. The first-order valence-electron chi connectivity index (χ1n) is 42.3. The summed E-state index contributed by atoms with van der Waals surface area (Å²) in [6.07, 6.45) is 5.11. The van der Waals surface area contributed by atoms with Crippen molar-refractivity contribution >= 4 is 57.2 Å². The van der Waals surface area contributed by atoms with Crippen LogP contribution >= 0.6 is 0 Å². The van der Waals surface area contributed by atoms with Crippen molar-refractivity contribution in [3.8, 4) is 66.8 Å². The number of hydrogen-bond donors (Lipinski definition) is 0. The van der Waals surface area contributed by atoms with Crippen molar-refractivity contribution in [1.29, 1.82) is 0 Å². The highest BCUT2D eigenvalue weighted by atomic mass is 15.2. The average Bonchev–Trinajstić information content (AvgIpc) is 0.683. The molecule has 2 nitrogen and oxygen atoms in total. The van der Waals surface area contributed by atoms with Crippen LogP contribution in [0.15, 0.2) is 254 Å². The fourth-order valence-corrected chi connectivity index (χ4v) is 11.4. The Hall–Kier alpha value is -8.92. The predicted octanol–water partition coefficient (Wildman–Crippen LogP) is 19.8. The number of fused-ring (bicyclic) bond motifs is 4. The van der Waals surface area contributed by atoms with Crippen molar-refractivity contribution in [3.63, 3.8) is 0 Å². The van der Waals surface area contributed by atoms with Gasteiger partial charge in [-0.3, -0.25) is 0 Å². The Labute approximate surface area is 523 Å². The SMILES string of the molecule is [2H]c1c([2H])c([2H])c(-c2cc(-c3c([2H])c([2H])c([2H])c([2H])c3[2H])c(N3c4ccc(CCCC)cc4B4c5cc(CCCC)ccc5N(c5c(-c6c([2H])c([2H])c([2H])c([2H])c6[2H])cc(-c6c([2H])c([2H])c([2H])c([2H])c6[2H])cc5-c5c([2H])c([2H])c([2H])c([2H])c5[2H])c5cc(CCCC)cc3c54)c(-c3c([2H])c([2H])c([2H])c([2H])c3[2H])c2)c([2H])c1[2H]. The van der Waals surface area contributed by atoms with E-state index in [1.165, 1.54) is 24.3 Å². The summed E-state index contributed by atoms with van der Waals surface area (Å²) in [5.41, 5.74) is -1.05. The maximum Gasteiger partial charge on any atom is 0.252 e. The van der Waals surface area contributed by atoms with Gasteiger partial charge in [-0.05, 0) is 165 Å². The second kappa shape index (κ2) is 23.0. The van der Waals surface area contributed by atoms with E-state index in [4.69, 9.17) is 13.7 Å². The number of nitrogens with zero attached hydrogens (tertiary/aromatic N) is 2. The van der Waals surface area contributed by atoms with Gasteiger partial charge in [-0.1, -0.05) is 246 Å². The smallest absolute Gasteiger partial charge is 0.252 e. The van der Waals surface area contributed by atoms with Crippen molar-refractivity contribution in [2.75, 3.05) is 9.80 Å². The van der Waals surface area contributed by atoms with Gasteiger partial charge in [0.1, 0.15) is 0 Å². The first kappa shape index (κ1) is 28.0. The van der Waals surface area contributed by atoms with Crippen LogP contribution < -0.4 is 26.2 Å². The first-order chi connectivity index (χ1) is 52.5. The summed E-state index contributed by atoms with van der Waals surface area (Å²) < 4.78 is 281.